The molecule has 3 N–H and O–H groups in total. The van der Waals surface area contributed by atoms with Crippen molar-refractivity contribution in [3.8, 4) is 0 Å². The number of rotatable bonds is 0. The quantitative estimate of drug-likeness (QED) is 0.531. The van der Waals surface area contributed by atoms with E-state index in [-0.39, 0.29) is 0 Å². The van der Waals surface area contributed by atoms with E-state index in [0.29, 0.717) is 5.92 Å². The molecule has 1 heterocycles. The van der Waals surface area contributed by atoms with Gasteiger partial charge < -0.3 is 11.1 Å². The molecule has 2 aliphatic rings. The van der Waals surface area contributed by atoms with Gasteiger partial charge in [-0.1, -0.05) is 12.2 Å². The molecule has 1 fully saturated rings. The van der Waals surface area contributed by atoms with Gasteiger partial charge in [-0.2, -0.15) is 0 Å². The summed E-state index contributed by atoms with van der Waals surface area (Å²) in [6, 6.07) is 0. The Kier molecular flexibility index (Phi) is 1.70. The molecule has 0 bridgehead atoms. The van der Waals surface area contributed by atoms with Crippen LogP contribution < -0.4 is 11.1 Å². The predicted octanol–water partition coefficient (Wildman–Crippen LogP) is 0.625. The van der Waals surface area contributed by atoms with E-state index < -0.39 is 0 Å². The summed E-state index contributed by atoms with van der Waals surface area (Å²) < 4.78 is 0. The maximum Gasteiger partial charge on any atom is 0.0273 e. The molecular weight excluding hydrogens is 136 g/mol. The monoisotopic (exact) mass is 150 g/mol. The second kappa shape index (κ2) is 2.70. The highest BCUT2D eigenvalue weighted by atomic mass is 14.9. The highest BCUT2D eigenvalue weighted by molar-refractivity contribution is 5.23. The second-order valence-corrected chi connectivity index (χ2v) is 3.35. The standard InChI is InChI=1S/C9H14N2/c10-9-2-1-7-3-4-11-6-8(7)5-9/h1-2,5,7-8,11H,3-4,6,10H2/t7-,8?/m0/s1. The van der Waals surface area contributed by atoms with Gasteiger partial charge in [-0.05, 0) is 30.9 Å². The Hall–Kier alpha value is -0.760. The molecule has 0 saturated carbocycles. The minimum absolute atomic E-state index is 0.647. The van der Waals surface area contributed by atoms with Gasteiger partial charge in [0.25, 0.3) is 0 Å². The van der Waals surface area contributed by atoms with Crippen LogP contribution in [0.3, 0.4) is 0 Å². The molecule has 0 amide bonds. The summed E-state index contributed by atoms with van der Waals surface area (Å²) in [6.45, 7) is 2.24. The number of hydrogen-bond donors (Lipinski definition) is 2. The van der Waals surface area contributed by atoms with E-state index in [0.717, 1.165) is 24.7 Å². The molecule has 60 valence electrons. The third-order valence-electron chi connectivity index (χ3n) is 2.53. The number of fused-ring (bicyclic) bond motifs is 1. The highest BCUT2D eigenvalue weighted by Crippen LogP contribution is 2.25. The lowest BCUT2D eigenvalue weighted by atomic mass is 9.83. The summed E-state index contributed by atoms with van der Waals surface area (Å²) in [4.78, 5) is 0. The summed E-state index contributed by atoms with van der Waals surface area (Å²) in [7, 11) is 0. The van der Waals surface area contributed by atoms with E-state index in [2.05, 4.69) is 17.5 Å². The van der Waals surface area contributed by atoms with Crippen LogP contribution in [0.2, 0.25) is 0 Å². The van der Waals surface area contributed by atoms with Gasteiger partial charge in [-0.3, -0.25) is 0 Å². The summed E-state index contributed by atoms with van der Waals surface area (Å²) in [5.41, 5.74) is 6.61. The molecule has 1 unspecified atom stereocenters. The lowest BCUT2D eigenvalue weighted by Gasteiger charge is -2.30. The minimum atomic E-state index is 0.647. The predicted molar refractivity (Wildman–Crippen MR) is 45.9 cm³/mol. The Labute approximate surface area is 67.2 Å². The van der Waals surface area contributed by atoms with Crippen LogP contribution in [0.4, 0.5) is 0 Å². The average molecular weight is 150 g/mol. The summed E-state index contributed by atoms with van der Waals surface area (Å²) in [6.07, 6.45) is 7.72. The van der Waals surface area contributed by atoms with Crippen molar-refractivity contribution >= 4 is 0 Å². The molecule has 2 heteroatoms. The van der Waals surface area contributed by atoms with Gasteiger partial charge in [0.05, 0.1) is 0 Å². The normalized spacial score (nSPS) is 36.2. The molecule has 2 atom stereocenters. The summed E-state index contributed by atoms with van der Waals surface area (Å²) in [5.74, 6) is 1.39. The third kappa shape index (κ3) is 1.31. The fourth-order valence-electron chi connectivity index (χ4n) is 1.86. The summed E-state index contributed by atoms with van der Waals surface area (Å²) in [5, 5.41) is 3.37. The van der Waals surface area contributed by atoms with Crippen LogP contribution in [-0.2, 0) is 0 Å². The first-order chi connectivity index (χ1) is 5.36. The van der Waals surface area contributed by atoms with E-state index in [9.17, 15) is 0 Å². The zero-order chi connectivity index (χ0) is 7.68. The van der Waals surface area contributed by atoms with Crippen molar-refractivity contribution in [3.05, 3.63) is 23.9 Å². The Balaban J connectivity index is 2.13. The molecule has 0 spiro atoms. The van der Waals surface area contributed by atoms with E-state index in [1.165, 1.54) is 6.42 Å². The first kappa shape index (κ1) is 6.92. The Morgan fingerprint density at radius 2 is 2.36 bits per heavy atom. The number of allylic oxidation sites excluding steroid dienone is 2. The molecule has 0 aromatic rings. The zero-order valence-corrected chi connectivity index (χ0v) is 6.59. The smallest absolute Gasteiger partial charge is 0.0273 e. The first-order valence-corrected chi connectivity index (χ1v) is 4.22. The maximum absolute atomic E-state index is 5.69. The lowest BCUT2D eigenvalue weighted by Crippen LogP contribution is -2.36. The average Bonchev–Trinajstić information content (AvgIpc) is 2.04. The van der Waals surface area contributed by atoms with E-state index >= 15 is 0 Å². The third-order valence-corrected chi connectivity index (χ3v) is 2.53. The van der Waals surface area contributed by atoms with Gasteiger partial charge in [-0.25, -0.2) is 0 Å². The number of nitrogens with one attached hydrogen (secondary N) is 1. The Morgan fingerprint density at radius 1 is 1.45 bits per heavy atom. The van der Waals surface area contributed by atoms with Crippen LogP contribution in [0, 0.1) is 11.8 Å². The largest absolute Gasteiger partial charge is 0.399 e. The Bertz CT molecular complexity index is 206. The van der Waals surface area contributed by atoms with Crippen molar-refractivity contribution in [3.63, 3.8) is 0 Å². The van der Waals surface area contributed by atoms with Gasteiger partial charge >= 0.3 is 0 Å². The maximum atomic E-state index is 5.69. The van der Waals surface area contributed by atoms with E-state index in [4.69, 9.17) is 5.73 Å². The van der Waals surface area contributed by atoms with Crippen LogP contribution in [0.5, 0.6) is 0 Å². The van der Waals surface area contributed by atoms with Crippen molar-refractivity contribution in [2.75, 3.05) is 13.1 Å². The van der Waals surface area contributed by atoms with Crippen LogP contribution in [0.15, 0.2) is 23.9 Å². The number of piperidine rings is 1. The van der Waals surface area contributed by atoms with Gasteiger partial charge in [0, 0.05) is 12.2 Å². The lowest BCUT2D eigenvalue weighted by molar-refractivity contribution is 0.351. The van der Waals surface area contributed by atoms with Gasteiger partial charge in [0.2, 0.25) is 0 Å². The SMILES string of the molecule is NC1=CC2CNCC[C@@H]2C=C1. The number of nitrogens with two attached hydrogens (primary N) is 1. The highest BCUT2D eigenvalue weighted by Gasteiger charge is 2.22. The Morgan fingerprint density at radius 3 is 3.27 bits per heavy atom. The van der Waals surface area contributed by atoms with Crippen molar-refractivity contribution in [2.24, 2.45) is 17.6 Å². The van der Waals surface area contributed by atoms with Crippen molar-refractivity contribution in [1.29, 1.82) is 0 Å². The molecule has 11 heavy (non-hydrogen) atoms. The van der Waals surface area contributed by atoms with Crippen LogP contribution >= 0.6 is 0 Å². The first-order valence-electron chi connectivity index (χ1n) is 4.22. The molecule has 2 nitrogen and oxygen atoms in total. The fourth-order valence-corrected chi connectivity index (χ4v) is 1.86. The van der Waals surface area contributed by atoms with Crippen molar-refractivity contribution in [1.82, 2.24) is 5.32 Å². The topological polar surface area (TPSA) is 38.0 Å². The van der Waals surface area contributed by atoms with Gasteiger partial charge in [0.1, 0.15) is 0 Å². The molecule has 0 aromatic heterocycles. The molecular formula is C9H14N2. The van der Waals surface area contributed by atoms with Crippen LogP contribution in [0.1, 0.15) is 6.42 Å². The molecule has 1 saturated heterocycles. The van der Waals surface area contributed by atoms with Crippen molar-refractivity contribution in [2.45, 2.75) is 6.42 Å². The molecule has 1 aliphatic carbocycles. The van der Waals surface area contributed by atoms with E-state index in [1.54, 1.807) is 0 Å². The molecule has 0 radical (unpaired) electrons. The van der Waals surface area contributed by atoms with Crippen LogP contribution in [-0.4, -0.2) is 13.1 Å². The molecule has 1 aliphatic heterocycles. The van der Waals surface area contributed by atoms with E-state index in [1.807, 2.05) is 6.08 Å². The fraction of sp³-hybridized carbons (Fsp3) is 0.556. The minimum Gasteiger partial charge on any atom is -0.399 e. The number of hydrogen-bond acceptors (Lipinski definition) is 2. The molecule has 2 rings (SSSR count). The zero-order valence-electron chi connectivity index (χ0n) is 6.59. The summed E-state index contributed by atoms with van der Waals surface area (Å²) >= 11 is 0. The van der Waals surface area contributed by atoms with Gasteiger partial charge in [-0.15, -0.1) is 0 Å². The van der Waals surface area contributed by atoms with Crippen molar-refractivity contribution < 1.29 is 0 Å². The van der Waals surface area contributed by atoms with Crippen LogP contribution in [0.25, 0.3) is 0 Å². The van der Waals surface area contributed by atoms with Gasteiger partial charge in [0.15, 0.2) is 0 Å². The second-order valence-electron chi connectivity index (χ2n) is 3.35. The molecule has 0 aromatic carbocycles.